The summed E-state index contributed by atoms with van der Waals surface area (Å²) in [6.07, 6.45) is 4.69. The molecule has 0 spiro atoms. The summed E-state index contributed by atoms with van der Waals surface area (Å²) < 4.78 is 46.7. The number of carbonyl (C=O) groups excluding carboxylic acids is 1. The summed E-state index contributed by atoms with van der Waals surface area (Å²) in [5, 5.41) is 2.88. The van der Waals surface area contributed by atoms with E-state index in [1.807, 2.05) is 30.3 Å². The highest BCUT2D eigenvalue weighted by Gasteiger charge is 2.27. The van der Waals surface area contributed by atoms with Crippen molar-refractivity contribution < 1.29 is 22.3 Å². The molecule has 0 aromatic heterocycles. The minimum atomic E-state index is -3.52. The highest BCUT2D eigenvalue weighted by molar-refractivity contribution is 7.89. The lowest BCUT2D eigenvalue weighted by molar-refractivity contribution is -0.117. The van der Waals surface area contributed by atoms with Crippen LogP contribution in [0.3, 0.4) is 0 Å². The normalized spacial score (nSPS) is 14.6. The molecule has 1 saturated carbocycles. The number of halogens is 1. The number of hydrogen-bond acceptors (Lipinski definition) is 4. The summed E-state index contributed by atoms with van der Waals surface area (Å²) in [6.45, 7) is 0.0467. The van der Waals surface area contributed by atoms with Crippen molar-refractivity contribution in [3.05, 3.63) is 102 Å². The molecule has 1 amide bonds. The van der Waals surface area contributed by atoms with Gasteiger partial charge in [0.05, 0.1) is 10.9 Å². The van der Waals surface area contributed by atoms with Gasteiger partial charge in [-0.1, -0.05) is 54.6 Å². The van der Waals surface area contributed by atoms with Crippen LogP contribution in [-0.2, 0) is 14.8 Å². The van der Waals surface area contributed by atoms with Crippen LogP contribution in [0.5, 0.6) is 5.75 Å². The molecule has 3 aromatic carbocycles. The molecule has 34 heavy (non-hydrogen) atoms. The maximum atomic E-state index is 13.9. The molecule has 0 saturated heterocycles. The van der Waals surface area contributed by atoms with Gasteiger partial charge >= 0.3 is 0 Å². The van der Waals surface area contributed by atoms with Crippen molar-refractivity contribution in [2.45, 2.75) is 29.8 Å². The molecular formula is C26H25FN2O4S. The first-order valence-electron chi connectivity index (χ1n) is 10.9. The van der Waals surface area contributed by atoms with Crippen molar-refractivity contribution in [1.29, 1.82) is 0 Å². The summed E-state index contributed by atoms with van der Waals surface area (Å²) in [5.74, 6) is -0.726. The van der Waals surface area contributed by atoms with Gasteiger partial charge in [-0.3, -0.25) is 4.79 Å². The topological polar surface area (TPSA) is 84.5 Å². The zero-order chi connectivity index (χ0) is 24.0. The Morgan fingerprint density at radius 2 is 1.68 bits per heavy atom. The third-order valence-corrected chi connectivity index (χ3v) is 6.81. The Morgan fingerprint density at radius 1 is 1.00 bits per heavy atom. The summed E-state index contributed by atoms with van der Waals surface area (Å²) in [4.78, 5) is 12.8. The minimum absolute atomic E-state index is 0.0354. The lowest BCUT2D eigenvalue weighted by Crippen LogP contribution is -2.31. The first kappa shape index (κ1) is 23.7. The van der Waals surface area contributed by atoms with Crippen molar-refractivity contribution >= 4 is 22.0 Å². The number of hydrogen-bond donors (Lipinski definition) is 2. The van der Waals surface area contributed by atoms with Crippen LogP contribution >= 0.6 is 0 Å². The van der Waals surface area contributed by atoms with Crippen LogP contribution in [0.2, 0.25) is 0 Å². The fourth-order valence-corrected chi connectivity index (χ4v) is 4.58. The standard InChI is InChI=1S/C26H25FN2O4S/c27-23-8-4-5-9-25(23)33-18-24(20-6-2-1-3-7-20)28-26(30)17-12-19-10-15-22(16-11-19)34(31,32)29-21-13-14-21/h1-12,15-17,21,24,29H,13-14,18H2,(H,28,30)/b17-12+. The fourth-order valence-electron chi connectivity index (χ4n) is 3.28. The SMILES string of the molecule is O=C(/C=C/c1ccc(S(=O)(=O)NC2CC2)cc1)NC(COc1ccccc1F)c1ccccc1. The predicted molar refractivity (Wildman–Crippen MR) is 128 cm³/mol. The number of ether oxygens (including phenoxy) is 1. The number of nitrogens with one attached hydrogen (secondary N) is 2. The summed E-state index contributed by atoms with van der Waals surface area (Å²) in [6, 6.07) is 21.2. The van der Waals surface area contributed by atoms with Gasteiger partial charge in [-0.2, -0.15) is 0 Å². The third-order valence-electron chi connectivity index (χ3n) is 5.28. The van der Waals surface area contributed by atoms with E-state index >= 15 is 0 Å². The van der Waals surface area contributed by atoms with E-state index in [1.54, 1.807) is 30.3 Å². The lowest BCUT2D eigenvalue weighted by Gasteiger charge is -2.19. The second kappa shape index (κ2) is 10.6. The van der Waals surface area contributed by atoms with Gasteiger partial charge in [0, 0.05) is 12.1 Å². The van der Waals surface area contributed by atoms with Crippen LogP contribution < -0.4 is 14.8 Å². The number of rotatable bonds is 10. The highest BCUT2D eigenvalue weighted by atomic mass is 32.2. The van der Waals surface area contributed by atoms with Crippen LogP contribution in [0.25, 0.3) is 6.08 Å². The fraction of sp³-hybridized carbons (Fsp3) is 0.192. The van der Waals surface area contributed by atoms with Gasteiger partial charge in [-0.05, 0) is 54.3 Å². The molecule has 1 fully saturated rings. The van der Waals surface area contributed by atoms with Gasteiger partial charge in [0.25, 0.3) is 0 Å². The van der Waals surface area contributed by atoms with Crippen molar-refractivity contribution in [3.63, 3.8) is 0 Å². The number of sulfonamides is 1. The largest absolute Gasteiger partial charge is 0.488 e. The number of carbonyl (C=O) groups is 1. The zero-order valence-corrected chi connectivity index (χ0v) is 19.2. The quantitative estimate of drug-likeness (QED) is 0.426. The second-order valence-corrected chi connectivity index (χ2v) is 9.73. The van der Waals surface area contributed by atoms with Gasteiger partial charge in [0.1, 0.15) is 6.61 Å². The molecular weight excluding hydrogens is 455 g/mol. The van der Waals surface area contributed by atoms with E-state index in [2.05, 4.69) is 10.0 Å². The van der Waals surface area contributed by atoms with Crippen molar-refractivity contribution in [2.75, 3.05) is 6.61 Å². The Balaban J connectivity index is 1.40. The summed E-state index contributed by atoms with van der Waals surface area (Å²) in [7, 11) is -3.52. The monoisotopic (exact) mass is 480 g/mol. The van der Waals surface area contributed by atoms with Crippen molar-refractivity contribution in [2.24, 2.45) is 0 Å². The molecule has 4 rings (SSSR count). The van der Waals surface area contributed by atoms with Crippen LogP contribution in [0.15, 0.2) is 89.8 Å². The number of para-hydroxylation sites is 1. The molecule has 1 atom stereocenters. The highest BCUT2D eigenvalue weighted by Crippen LogP contribution is 2.23. The molecule has 0 radical (unpaired) electrons. The smallest absolute Gasteiger partial charge is 0.244 e. The summed E-state index contributed by atoms with van der Waals surface area (Å²) >= 11 is 0. The van der Waals surface area contributed by atoms with Crippen LogP contribution in [0.1, 0.15) is 30.0 Å². The molecule has 0 heterocycles. The molecule has 3 aromatic rings. The first-order valence-corrected chi connectivity index (χ1v) is 12.4. The first-order chi connectivity index (χ1) is 16.4. The molecule has 1 aliphatic rings. The average Bonchev–Trinajstić information content (AvgIpc) is 3.65. The van der Waals surface area contributed by atoms with Gasteiger partial charge in [0.15, 0.2) is 11.6 Å². The van der Waals surface area contributed by atoms with Gasteiger partial charge < -0.3 is 10.1 Å². The molecule has 1 unspecified atom stereocenters. The Kier molecular flexibility index (Phi) is 7.40. The van der Waals surface area contributed by atoms with Crippen molar-refractivity contribution in [3.8, 4) is 5.75 Å². The predicted octanol–water partition coefficient (Wildman–Crippen LogP) is 4.22. The Labute approximate surface area is 198 Å². The molecule has 176 valence electrons. The maximum absolute atomic E-state index is 13.9. The van der Waals surface area contributed by atoms with Crippen LogP contribution in [0, 0.1) is 5.82 Å². The molecule has 6 nitrogen and oxygen atoms in total. The molecule has 8 heteroatoms. The Morgan fingerprint density at radius 3 is 2.35 bits per heavy atom. The number of amides is 1. The lowest BCUT2D eigenvalue weighted by atomic mass is 10.1. The van der Waals surface area contributed by atoms with Crippen LogP contribution in [-0.4, -0.2) is 27.0 Å². The minimum Gasteiger partial charge on any atom is -0.488 e. The van der Waals surface area contributed by atoms with E-state index in [1.165, 1.54) is 30.3 Å². The van der Waals surface area contributed by atoms with Crippen molar-refractivity contribution in [1.82, 2.24) is 10.0 Å². The zero-order valence-electron chi connectivity index (χ0n) is 18.4. The van der Waals surface area contributed by atoms with E-state index in [4.69, 9.17) is 4.74 Å². The van der Waals surface area contributed by atoms with Gasteiger partial charge in [-0.25, -0.2) is 17.5 Å². The molecule has 0 aliphatic heterocycles. The molecule has 1 aliphatic carbocycles. The molecule has 0 bridgehead atoms. The summed E-state index contributed by atoms with van der Waals surface area (Å²) in [5.41, 5.74) is 1.50. The van der Waals surface area contributed by atoms with E-state index in [0.717, 1.165) is 18.4 Å². The van der Waals surface area contributed by atoms with E-state index in [9.17, 15) is 17.6 Å². The van der Waals surface area contributed by atoms with Crippen LogP contribution in [0.4, 0.5) is 4.39 Å². The van der Waals surface area contributed by atoms with Gasteiger partial charge in [-0.15, -0.1) is 0 Å². The maximum Gasteiger partial charge on any atom is 0.244 e. The van der Waals surface area contributed by atoms with Gasteiger partial charge in [0.2, 0.25) is 15.9 Å². The van der Waals surface area contributed by atoms with E-state index in [0.29, 0.717) is 5.56 Å². The Bertz CT molecular complexity index is 1260. The third kappa shape index (κ3) is 6.52. The Hall–Kier alpha value is -3.49. The van der Waals surface area contributed by atoms with E-state index < -0.39 is 21.9 Å². The second-order valence-electron chi connectivity index (χ2n) is 8.01. The average molecular weight is 481 g/mol. The number of benzene rings is 3. The van der Waals surface area contributed by atoms with E-state index in [-0.39, 0.29) is 29.2 Å². The molecule has 2 N–H and O–H groups in total.